The van der Waals surface area contributed by atoms with Gasteiger partial charge in [0.2, 0.25) is 5.88 Å². The lowest BCUT2D eigenvalue weighted by molar-refractivity contribution is -0.136. The molecule has 116 valence electrons. The summed E-state index contributed by atoms with van der Waals surface area (Å²) in [6.07, 6.45) is 2.29. The van der Waals surface area contributed by atoms with Crippen LogP contribution in [0.3, 0.4) is 0 Å². The number of hydrogen-bond acceptors (Lipinski definition) is 5. The van der Waals surface area contributed by atoms with Gasteiger partial charge < -0.3 is 15.2 Å². The quantitative estimate of drug-likeness (QED) is 0.780. The molecule has 2 rings (SSSR count). The first-order chi connectivity index (χ1) is 10.2. The van der Waals surface area contributed by atoms with E-state index in [1.165, 1.54) is 0 Å². The number of nitrogens with zero attached hydrogens (tertiary/aromatic N) is 2. The zero-order valence-corrected chi connectivity index (χ0v) is 12.4. The number of aromatic nitrogens is 1. The van der Waals surface area contributed by atoms with Crippen molar-refractivity contribution in [2.75, 3.05) is 33.3 Å². The fourth-order valence-electron chi connectivity index (χ4n) is 2.73. The van der Waals surface area contributed by atoms with Crippen LogP contribution >= 0.6 is 0 Å². The third kappa shape index (κ3) is 5.32. The molecule has 0 amide bonds. The highest BCUT2D eigenvalue weighted by molar-refractivity contribution is 5.68. The predicted octanol–water partition coefficient (Wildman–Crippen LogP) is 0.976. The van der Waals surface area contributed by atoms with E-state index in [0.717, 1.165) is 44.7 Å². The lowest BCUT2D eigenvalue weighted by atomic mass is 9.98. The van der Waals surface area contributed by atoms with Crippen LogP contribution in [-0.2, 0) is 11.3 Å². The molecule has 0 aliphatic carbocycles. The van der Waals surface area contributed by atoms with Gasteiger partial charge in [-0.05, 0) is 37.9 Å². The summed E-state index contributed by atoms with van der Waals surface area (Å²) in [7, 11) is 1.62. The van der Waals surface area contributed by atoms with Gasteiger partial charge in [-0.2, -0.15) is 0 Å². The van der Waals surface area contributed by atoms with Gasteiger partial charge >= 0.3 is 5.97 Å². The van der Waals surface area contributed by atoms with E-state index >= 15 is 0 Å². The van der Waals surface area contributed by atoms with Crippen molar-refractivity contribution in [3.63, 3.8) is 0 Å². The van der Waals surface area contributed by atoms with Gasteiger partial charge in [0.15, 0.2) is 0 Å². The van der Waals surface area contributed by atoms with Crippen molar-refractivity contribution in [3.8, 4) is 5.88 Å². The van der Waals surface area contributed by atoms with Crippen LogP contribution in [0.4, 0.5) is 0 Å². The zero-order valence-electron chi connectivity index (χ0n) is 12.4. The SMILES string of the molecule is COc1cccc(CN2CCCC(CNCC(=O)O)C2)n1. The molecule has 1 saturated heterocycles. The molecule has 6 heteroatoms. The molecular weight excluding hydrogens is 270 g/mol. The molecule has 1 fully saturated rings. The average molecular weight is 293 g/mol. The minimum absolute atomic E-state index is 0.0357. The van der Waals surface area contributed by atoms with Gasteiger partial charge in [0.1, 0.15) is 0 Å². The van der Waals surface area contributed by atoms with Crippen LogP contribution in [-0.4, -0.2) is 54.2 Å². The van der Waals surface area contributed by atoms with Gasteiger partial charge in [-0.3, -0.25) is 9.69 Å². The second kappa shape index (κ2) is 7.95. The Morgan fingerprint density at radius 1 is 1.57 bits per heavy atom. The maximum Gasteiger partial charge on any atom is 0.317 e. The van der Waals surface area contributed by atoms with Crippen molar-refractivity contribution in [1.82, 2.24) is 15.2 Å². The third-order valence-corrected chi connectivity index (χ3v) is 3.69. The van der Waals surface area contributed by atoms with E-state index in [4.69, 9.17) is 9.84 Å². The molecule has 1 aromatic rings. The molecule has 1 aliphatic rings. The molecular formula is C15H23N3O3. The van der Waals surface area contributed by atoms with Crippen molar-refractivity contribution in [3.05, 3.63) is 23.9 Å². The predicted molar refractivity (Wildman–Crippen MR) is 79.3 cm³/mol. The maximum absolute atomic E-state index is 10.5. The molecule has 1 unspecified atom stereocenters. The Morgan fingerprint density at radius 2 is 2.43 bits per heavy atom. The number of rotatable bonds is 7. The molecule has 2 heterocycles. The van der Waals surface area contributed by atoms with Gasteiger partial charge in [0.25, 0.3) is 0 Å². The minimum atomic E-state index is -0.803. The summed E-state index contributed by atoms with van der Waals surface area (Å²) in [6, 6.07) is 5.81. The van der Waals surface area contributed by atoms with Gasteiger partial charge in [-0.15, -0.1) is 0 Å². The van der Waals surface area contributed by atoms with Crippen LogP contribution in [0.15, 0.2) is 18.2 Å². The Bertz CT molecular complexity index is 467. The number of methoxy groups -OCH3 is 1. The largest absolute Gasteiger partial charge is 0.481 e. The highest BCUT2D eigenvalue weighted by Crippen LogP contribution is 2.18. The van der Waals surface area contributed by atoms with Gasteiger partial charge in [-0.1, -0.05) is 6.07 Å². The van der Waals surface area contributed by atoms with Gasteiger partial charge in [-0.25, -0.2) is 4.98 Å². The summed E-state index contributed by atoms with van der Waals surface area (Å²) >= 11 is 0. The molecule has 0 saturated carbocycles. The van der Waals surface area contributed by atoms with Crippen molar-refractivity contribution in [2.24, 2.45) is 5.92 Å². The summed E-state index contributed by atoms with van der Waals surface area (Å²) in [5, 5.41) is 11.6. The lowest BCUT2D eigenvalue weighted by Gasteiger charge is -2.32. The van der Waals surface area contributed by atoms with E-state index in [0.29, 0.717) is 11.8 Å². The fraction of sp³-hybridized carbons (Fsp3) is 0.600. The standard InChI is InChI=1S/C15H23N3O3/c1-21-14-6-2-5-13(17-14)11-18-7-3-4-12(10-18)8-16-9-15(19)20/h2,5-6,12,16H,3-4,7-11H2,1H3,(H,19,20). The van der Waals surface area contributed by atoms with E-state index in [2.05, 4.69) is 15.2 Å². The van der Waals surface area contributed by atoms with Crippen LogP contribution < -0.4 is 10.1 Å². The topological polar surface area (TPSA) is 74.7 Å². The first-order valence-corrected chi connectivity index (χ1v) is 7.32. The van der Waals surface area contributed by atoms with Crippen molar-refractivity contribution in [2.45, 2.75) is 19.4 Å². The summed E-state index contributed by atoms with van der Waals surface area (Å²) < 4.78 is 5.15. The summed E-state index contributed by atoms with van der Waals surface area (Å²) in [6.45, 7) is 3.65. The van der Waals surface area contributed by atoms with E-state index < -0.39 is 5.97 Å². The number of piperidine rings is 1. The number of carboxylic acid groups (broad SMARTS) is 1. The van der Waals surface area contributed by atoms with Crippen LogP contribution in [0.5, 0.6) is 5.88 Å². The summed E-state index contributed by atoms with van der Waals surface area (Å²) in [5.74, 6) is 0.344. The van der Waals surface area contributed by atoms with Crippen LogP contribution in [0.2, 0.25) is 0 Å². The van der Waals surface area contributed by atoms with Crippen molar-refractivity contribution >= 4 is 5.97 Å². The normalized spacial score (nSPS) is 19.4. The molecule has 0 radical (unpaired) electrons. The number of ether oxygens (including phenoxy) is 1. The molecule has 1 aromatic heterocycles. The smallest absolute Gasteiger partial charge is 0.317 e. The maximum atomic E-state index is 10.5. The fourth-order valence-corrected chi connectivity index (χ4v) is 2.73. The Labute approximate surface area is 125 Å². The second-order valence-electron chi connectivity index (χ2n) is 5.44. The van der Waals surface area contributed by atoms with E-state index in [1.54, 1.807) is 7.11 Å². The van der Waals surface area contributed by atoms with Crippen LogP contribution in [0, 0.1) is 5.92 Å². The molecule has 1 atom stereocenters. The second-order valence-corrected chi connectivity index (χ2v) is 5.44. The third-order valence-electron chi connectivity index (χ3n) is 3.69. The molecule has 1 aliphatic heterocycles. The van der Waals surface area contributed by atoms with Gasteiger partial charge in [0, 0.05) is 19.2 Å². The van der Waals surface area contributed by atoms with Crippen molar-refractivity contribution in [1.29, 1.82) is 0 Å². The van der Waals surface area contributed by atoms with Crippen LogP contribution in [0.1, 0.15) is 18.5 Å². The summed E-state index contributed by atoms with van der Waals surface area (Å²) in [5.41, 5.74) is 1.01. The van der Waals surface area contributed by atoms with Gasteiger partial charge in [0.05, 0.1) is 19.3 Å². The lowest BCUT2D eigenvalue weighted by Crippen LogP contribution is -2.40. The number of carboxylic acids is 1. The molecule has 6 nitrogen and oxygen atoms in total. The Morgan fingerprint density at radius 3 is 3.19 bits per heavy atom. The number of carbonyl (C=O) groups is 1. The van der Waals surface area contributed by atoms with Crippen molar-refractivity contribution < 1.29 is 14.6 Å². The number of aliphatic carboxylic acids is 1. The number of nitrogens with one attached hydrogen (secondary N) is 1. The zero-order chi connectivity index (χ0) is 15.1. The monoisotopic (exact) mass is 293 g/mol. The first-order valence-electron chi connectivity index (χ1n) is 7.32. The molecule has 0 spiro atoms. The number of hydrogen-bond donors (Lipinski definition) is 2. The minimum Gasteiger partial charge on any atom is -0.481 e. The Balaban J connectivity index is 1.81. The van der Waals surface area contributed by atoms with E-state index in [9.17, 15) is 4.79 Å². The molecule has 0 aromatic carbocycles. The van der Waals surface area contributed by atoms with Crippen LogP contribution in [0.25, 0.3) is 0 Å². The molecule has 2 N–H and O–H groups in total. The molecule has 21 heavy (non-hydrogen) atoms. The first kappa shape index (κ1) is 15.7. The Kier molecular flexibility index (Phi) is 5.95. The summed E-state index contributed by atoms with van der Waals surface area (Å²) in [4.78, 5) is 17.3. The number of pyridine rings is 1. The number of likely N-dealkylation sites (tertiary alicyclic amines) is 1. The highest BCUT2D eigenvalue weighted by atomic mass is 16.5. The van der Waals surface area contributed by atoms with E-state index in [-0.39, 0.29) is 6.54 Å². The van der Waals surface area contributed by atoms with E-state index in [1.807, 2.05) is 18.2 Å². The Hall–Kier alpha value is -1.66. The highest BCUT2D eigenvalue weighted by Gasteiger charge is 2.20. The molecule has 0 bridgehead atoms. The average Bonchev–Trinajstić information content (AvgIpc) is 2.47.